The summed E-state index contributed by atoms with van der Waals surface area (Å²) in [6, 6.07) is 4.17. The molecule has 2 heterocycles. The first-order valence-electron chi connectivity index (χ1n) is 11.9. The van der Waals surface area contributed by atoms with Crippen LogP contribution in [0, 0.1) is 39.9 Å². The quantitative estimate of drug-likeness (QED) is 0.675. The Morgan fingerprint density at radius 1 is 1.33 bits per heavy atom. The normalized spacial score (nSPS) is 30.6. The average Bonchev–Trinajstić information content (AvgIpc) is 3.44. The lowest BCUT2D eigenvalue weighted by molar-refractivity contribution is -0.0969. The molecule has 4 aliphatic rings. The van der Waals surface area contributed by atoms with Gasteiger partial charge < -0.3 is 10.4 Å². The van der Waals surface area contributed by atoms with Crippen LogP contribution in [0.5, 0.6) is 0 Å². The number of hydrogen-bond donors (Lipinski definition) is 2. The molecule has 2 unspecified atom stereocenters. The van der Waals surface area contributed by atoms with Crippen LogP contribution in [-0.4, -0.2) is 43.2 Å². The molecule has 2 aromatic rings. The van der Waals surface area contributed by atoms with Gasteiger partial charge in [-0.1, -0.05) is 19.9 Å². The van der Waals surface area contributed by atoms with Gasteiger partial charge in [0.2, 0.25) is 0 Å². The number of carbonyl (C=O) groups excluding carboxylic acids is 1. The first-order valence-corrected chi connectivity index (χ1v) is 11.9. The lowest BCUT2D eigenvalue weighted by atomic mass is 9.48. The highest BCUT2D eigenvalue weighted by molar-refractivity contribution is 5.97. The molecular formula is C25H32N6O2. The third-order valence-electron chi connectivity index (χ3n) is 7.97. The number of aliphatic hydroxyl groups excluding tert-OH is 1. The number of carbonyl (C=O) groups is 1. The van der Waals surface area contributed by atoms with Crippen molar-refractivity contribution >= 4 is 12.1 Å². The Kier molecular flexibility index (Phi) is 5.40. The summed E-state index contributed by atoms with van der Waals surface area (Å²) in [6.45, 7) is 4.24. The van der Waals surface area contributed by atoms with Gasteiger partial charge in [-0.25, -0.2) is 9.36 Å². The van der Waals surface area contributed by atoms with Gasteiger partial charge in [0.15, 0.2) is 5.82 Å². The van der Waals surface area contributed by atoms with E-state index in [0.717, 1.165) is 32.1 Å². The van der Waals surface area contributed by atoms with Crippen LogP contribution in [0.3, 0.4) is 0 Å². The number of nitriles is 1. The number of nitrogens with zero attached hydrogens (tertiary/aromatic N) is 5. The molecular weight excluding hydrogens is 416 g/mol. The number of nitrogens with one attached hydrogen (secondary N) is 1. The van der Waals surface area contributed by atoms with Crippen molar-refractivity contribution < 1.29 is 9.90 Å². The number of aromatic nitrogens is 4. The zero-order chi connectivity index (χ0) is 23.2. The second-order valence-electron chi connectivity index (χ2n) is 11.0. The van der Waals surface area contributed by atoms with Gasteiger partial charge in [-0.05, 0) is 66.8 Å². The fourth-order valence-electron chi connectivity index (χ4n) is 6.63. The van der Waals surface area contributed by atoms with Gasteiger partial charge >= 0.3 is 0 Å². The van der Waals surface area contributed by atoms with Gasteiger partial charge in [-0.2, -0.15) is 15.5 Å². The van der Waals surface area contributed by atoms with Gasteiger partial charge in [0.05, 0.1) is 12.3 Å². The van der Waals surface area contributed by atoms with Gasteiger partial charge in [0.25, 0.3) is 5.91 Å². The van der Waals surface area contributed by atoms with Gasteiger partial charge in [0.1, 0.15) is 5.56 Å². The minimum absolute atomic E-state index is 0.0733. The fraction of sp³-hybridized carbons (Fsp3) is 0.600. The lowest BCUT2D eigenvalue weighted by Crippen LogP contribution is -2.60. The van der Waals surface area contributed by atoms with Crippen LogP contribution >= 0.6 is 0 Å². The van der Waals surface area contributed by atoms with Crippen molar-refractivity contribution in [1.82, 2.24) is 24.9 Å². The molecule has 2 aromatic heterocycles. The topological polar surface area (TPSA) is 109 Å². The summed E-state index contributed by atoms with van der Waals surface area (Å²) in [5.41, 5.74) is 0.240. The van der Waals surface area contributed by atoms with E-state index in [1.165, 1.54) is 0 Å². The molecule has 4 saturated carbocycles. The van der Waals surface area contributed by atoms with Gasteiger partial charge in [0, 0.05) is 37.7 Å². The van der Waals surface area contributed by atoms with Crippen molar-refractivity contribution in [2.75, 3.05) is 6.61 Å². The fourth-order valence-corrected chi connectivity index (χ4v) is 6.63. The summed E-state index contributed by atoms with van der Waals surface area (Å²) < 4.78 is 3.31. The van der Waals surface area contributed by atoms with Crippen LogP contribution < -0.4 is 5.32 Å². The molecule has 2 atom stereocenters. The average molecular weight is 449 g/mol. The maximum Gasteiger partial charge on any atom is 0.257 e. The van der Waals surface area contributed by atoms with E-state index in [9.17, 15) is 9.90 Å². The van der Waals surface area contributed by atoms with Crippen LogP contribution in [0.25, 0.3) is 12.0 Å². The zero-order valence-electron chi connectivity index (χ0n) is 19.3. The van der Waals surface area contributed by atoms with Crippen LogP contribution in [-0.2, 0) is 0 Å². The highest BCUT2D eigenvalue weighted by atomic mass is 16.3. The van der Waals surface area contributed by atoms with E-state index in [1.54, 1.807) is 34.2 Å². The molecule has 4 aliphatic carbocycles. The molecule has 0 radical (unpaired) electrons. The van der Waals surface area contributed by atoms with E-state index >= 15 is 0 Å². The van der Waals surface area contributed by atoms with E-state index in [4.69, 9.17) is 5.26 Å². The summed E-state index contributed by atoms with van der Waals surface area (Å²) in [5, 5.41) is 31.2. The molecule has 0 saturated heterocycles. The third-order valence-corrected chi connectivity index (χ3v) is 7.97. The largest absolute Gasteiger partial charge is 0.396 e. The second-order valence-corrected chi connectivity index (χ2v) is 11.0. The molecule has 4 bridgehead atoms. The summed E-state index contributed by atoms with van der Waals surface area (Å²) in [6.07, 6.45) is 14.6. The standard InChI is InChI=1S/C25H32N6O2/c1-24(2,4-6-26)5-9-31-23(30-8-3-7-27-30)20(15-28-31)22(33)29-21-18-10-17-11-19(21)14-25(12-17,13-18)16-32/h3,5,7-9,15,17-19,21,32H,4,10-14,16H2,1-2H3,(H,29,33)/b9-5+/t17?,18?,19?,21-,25-. The van der Waals surface area contributed by atoms with Gasteiger partial charge in [-0.3, -0.25) is 4.79 Å². The van der Waals surface area contributed by atoms with Crippen LogP contribution in [0.2, 0.25) is 0 Å². The van der Waals surface area contributed by atoms with E-state index in [2.05, 4.69) is 21.6 Å². The van der Waals surface area contributed by atoms with Crippen LogP contribution in [0.4, 0.5) is 0 Å². The first kappa shape index (κ1) is 21.9. The molecule has 8 heteroatoms. The molecule has 4 fully saturated rings. The molecule has 2 N–H and O–H groups in total. The molecule has 0 spiro atoms. The SMILES string of the molecule is CC(C)(/C=C/n1ncc(C(=O)N[C@H]2C3CC4CC2C[C@](CO)(C4)C3)c1-n1cccn1)CC#N. The van der Waals surface area contributed by atoms with E-state index in [-0.39, 0.29) is 29.4 Å². The van der Waals surface area contributed by atoms with E-state index in [1.807, 2.05) is 26.0 Å². The van der Waals surface area contributed by atoms with Crippen molar-refractivity contribution in [3.8, 4) is 11.9 Å². The smallest absolute Gasteiger partial charge is 0.257 e. The van der Waals surface area contributed by atoms with E-state index < -0.39 is 0 Å². The Morgan fingerprint density at radius 3 is 2.73 bits per heavy atom. The summed E-state index contributed by atoms with van der Waals surface area (Å²) in [4.78, 5) is 13.5. The Balaban J connectivity index is 1.41. The number of hydrogen-bond acceptors (Lipinski definition) is 5. The molecule has 174 valence electrons. The van der Waals surface area contributed by atoms with Crippen LogP contribution in [0.1, 0.15) is 62.7 Å². The number of amides is 1. The van der Waals surface area contributed by atoms with Crippen molar-refractivity contribution in [2.24, 2.45) is 28.6 Å². The predicted molar refractivity (Wildman–Crippen MR) is 123 cm³/mol. The highest BCUT2D eigenvalue weighted by Gasteiger charge is 2.55. The van der Waals surface area contributed by atoms with Crippen LogP contribution in [0.15, 0.2) is 30.7 Å². The maximum absolute atomic E-state index is 13.5. The third kappa shape index (κ3) is 3.99. The summed E-state index contributed by atoms with van der Waals surface area (Å²) >= 11 is 0. The minimum atomic E-state index is -0.312. The van der Waals surface area contributed by atoms with Crippen molar-refractivity contribution in [1.29, 1.82) is 5.26 Å². The Labute approximate surface area is 194 Å². The monoisotopic (exact) mass is 448 g/mol. The Hall–Kier alpha value is -2.92. The number of rotatable bonds is 7. The van der Waals surface area contributed by atoms with Gasteiger partial charge in [-0.15, -0.1) is 0 Å². The summed E-state index contributed by atoms with van der Waals surface area (Å²) in [7, 11) is 0. The zero-order valence-corrected chi connectivity index (χ0v) is 19.3. The lowest BCUT2D eigenvalue weighted by Gasteiger charge is -2.59. The Bertz CT molecular complexity index is 1080. The van der Waals surface area contributed by atoms with Crippen molar-refractivity contribution in [3.63, 3.8) is 0 Å². The molecule has 6 rings (SSSR count). The molecule has 0 aliphatic heterocycles. The van der Waals surface area contributed by atoms with Crippen molar-refractivity contribution in [3.05, 3.63) is 36.3 Å². The highest BCUT2D eigenvalue weighted by Crippen LogP contribution is 2.59. The maximum atomic E-state index is 13.5. The number of allylic oxidation sites excluding steroid dienone is 1. The molecule has 8 nitrogen and oxygen atoms in total. The first-order chi connectivity index (χ1) is 15.8. The Morgan fingerprint density at radius 2 is 2.09 bits per heavy atom. The number of aliphatic hydroxyl groups is 1. The molecule has 33 heavy (non-hydrogen) atoms. The summed E-state index contributed by atoms with van der Waals surface area (Å²) in [5.74, 6) is 2.00. The predicted octanol–water partition coefficient (Wildman–Crippen LogP) is 3.40. The minimum Gasteiger partial charge on any atom is -0.396 e. The molecule has 1 amide bonds. The van der Waals surface area contributed by atoms with Crippen molar-refractivity contribution in [2.45, 2.75) is 58.4 Å². The van der Waals surface area contributed by atoms with E-state index in [0.29, 0.717) is 35.6 Å². The second kappa shape index (κ2) is 8.14. The molecule has 0 aromatic carbocycles.